The third kappa shape index (κ3) is 3.48. The van der Waals surface area contributed by atoms with Gasteiger partial charge in [-0.05, 0) is 56.5 Å². The first kappa shape index (κ1) is 21.1. The number of rotatable bonds is 5. The van der Waals surface area contributed by atoms with Gasteiger partial charge in [0.2, 0.25) is 0 Å². The van der Waals surface area contributed by atoms with Gasteiger partial charge in [-0.1, -0.05) is 23.8 Å². The molecule has 1 saturated carbocycles. The van der Waals surface area contributed by atoms with Crippen molar-refractivity contribution in [3.05, 3.63) is 76.2 Å². The molecule has 1 aliphatic heterocycles. The zero-order valence-corrected chi connectivity index (χ0v) is 18.6. The third-order valence-corrected chi connectivity index (χ3v) is 8.26. The number of hydrogen-bond acceptors (Lipinski definition) is 5. The summed E-state index contributed by atoms with van der Waals surface area (Å²) in [6.45, 7) is 2.43. The number of esters is 1. The van der Waals surface area contributed by atoms with E-state index in [1.54, 1.807) is 42.6 Å². The number of nitrogens with zero attached hydrogens (tertiary/aromatic N) is 2. The largest absolute Gasteiger partial charge is 0.440 e. The van der Waals surface area contributed by atoms with Crippen LogP contribution in [0.5, 0.6) is 0 Å². The Morgan fingerprint density at radius 1 is 1.16 bits per heavy atom. The Labute approximate surface area is 188 Å². The number of aryl methyl sites for hydroxylation is 1. The fraction of sp³-hybridized carbons (Fsp3) is 0.333. The SMILES string of the molecule is Cc1ccc(C(=O)OCn2ccc3c(S(=O)N4CCC(N)C45CC5)cccc3c2=O)cc1. The number of benzene rings is 2. The zero-order chi connectivity index (χ0) is 22.5. The number of pyridine rings is 1. The van der Waals surface area contributed by atoms with Crippen LogP contribution in [0.25, 0.3) is 10.8 Å². The number of hydrogen-bond donors (Lipinski definition) is 1. The molecule has 1 aromatic heterocycles. The van der Waals surface area contributed by atoms with Gasteiger partial charge in [-0.3, -0.25) is 9.36 Å². The van der Waals surface area contributed by atoms with Gasteiger partial charge in [0, 0.05) is 35.1 Å². The Kier molecular flexibility index (Phi) is 5.23. The summed E-state index contributed by atoms with van der Waals surface area (Å²) in [5, 5.41) is 1.09. The second kappa shape index (κ2) is 7.95. The van der Waals surface area contributed by atoms with Gasteiger partial charge < -0.3 is 10.5 Å². The average Bonchev–Trinajstić information content (AvgIpc) is 3.53. The van der Waals surface area contributed by atoms with Crippen molar-refractivity contribution in [3.8, 4) is 0 Å². The number of aromatic nitrogens is 1. The highest BCUT2D eigenvalue weighted by Crippen LogP contribution is 2.50. The minimum Gasteiger partial charge on any atom is -0.440 e. The van der Waals surface area contributed by atoms with E-state index in [0.29, 0.717) is 27.8 Å². The molecule has 0 bridgehead atoms. The molecule has 3 aromatic rings. The summed E-state index contributed by atoms with van der Waals surface area (Å²) < 4.78 is 22.1. The van der Waals surface area contributed by atoms with Crippen LogP contribution < -0.4 is 11.3 Å². The molecule has 1 saturated heterocycles. The lowest BCUT2D eigenvalue weighted by Gasteiger charge is -2.25. The Morgan fingerprint density at radius 3 is 2.62 bits per heavy atom. The van der Waals surface area contributed by atoms with Gasteiger partial charge in [-0.25, -0.2) is 13.3 Å². The monoisotopic (exact) mass is 451 g/mol. The summed E-state index contributed by atoms with van der Waals surface area (Å²) in [5.74, 6) is -0.494. The first-order valence-electron chi connectivity index (χ1n) is 10.7. The first-order chi connectivity index (χ1) is 15.4. The summed E-state index contributed by atoms with van der Waals surface area (Å²) >= 11 is 0. The maximum atomic E-state index is 13.5. The Hall–Kier alpha value is -2.81. The van der Waals surface area contributed by atoms with Crippen LogP contribution >= 0.6 is 0 Å². The normalized spacial score (nSPS) is 20.5. The molecule has 32 heavy (non-hydrogen) atoms. The molecule has 2 N–H and O–H groups in total. The van der Waals surface area contributed by atoms with E-state index in [-0.39, 0.29) is 23.9 Å². The highest BCUT2D eigenvalue weighted by molar-refractivity contribution is 7.83. The van der Waals surface area contributed by atoms with Crippen molar-refractivity contribution in [1.82, 2.24) is 8.87 Å². The lowest BCUT2D eigenvalue weighted by molar-refractivity contribution is 0.0367. The fourth-order valence-corrected chi connectivity index (χ4v) is 6.21. The van der Waals surface area contributed by atoms with Gasteiger partial charge in [0.15, 0.2) is 6.73 Å². The maximum absolute atomic E-state index is 13.5. The van der Waals surface area contributed by atoms with Crippen LogP contribution in [0.1, 0.15) is 35.2 Å². The summed E-state index contributed by atoms with van der Waals surface area (Å²) in [7, 11) is -1.39. The summed E-state index contributed by atoms with van der Waals surface area (Å²) in [4.78, 5) is 26.0. The molecule has 5 rings (SSSR count). The van der Waals surface area contributed by atoms with E-state index in [0.717, 1.165) is 24.8 Å². The lowest BCUT2D eigenvalue weighted by atomic mass is 10.1. The van der Waals surface area contributed by atoms with Crippen LogP contribution in [0.15, 0.2) is 64.4 Å². The van der Waals surface area contributed by atoms with E-state index in [1.165, 1.54) is 4.57 Å². The Bertz CT molecular complexity index is 1280. The molecule has 2 unspecified atom stereocenters. The topological polar surface area (TPSA) is 94.6 Å². The van der Waals surface area contributed by atoms with Crippen molar-refractivity contribution in [2.24, 2.45) is 5.73 Å². The molecule has 2 heterocycles. The van der Waals surface area contributed by atoms with Crippen LogP contribution in [0.2, 0.25) is 0 Å². The highest BCUT2D eigenvalue weighted by Gasteiger charge is 2.58. The molecule has 7 nitrogen and oxygen atoms in total. The standard InChI is InChI=1S/C24H25N3O4S/c1-16-5-7-17(8-6-16)23(29)31-15-26-13-9-18-19(22(26)28)3-2-4-20(18)32(30)27-14-10-21(25)24(27)11-12-24/h2-9,13,21H,10-12,14-15,25H2,1H3. The maximum Gasteiger partial charge on any atom is 0.339 e. The van der Waals surface area contributed by atoms with E-state index in [4.69, 9.17) is 10.5 Å². The van der Waals surface area contributed by atoms with Crippen molar-refractivity contribution < 1.29 is 13.7 Å². The molecule has 2 aliphatic rings. The molecule has 2 aromatic carbocycles. The van der Waals surface area contributed by atoms with Gasteiger partial charge >= 0.3 is 5.97 Å². The van der Waals surface area contributed by atoms with Crippen LogP contribution in [0.3, 0.4) is 0 Å². The molecule has 2 atom stereocenters. The summed E-state index contributed by atoms with van der Waals surface area (Å²) in [6, 6.07) is 14.1. The van der Waals surface area contributed by atoms with Crippen molar-refractivity contribution in [2.45, 2.75) is 49.4 Å². The van der Waals surface area contributed by atoms with Gasteiger partial charge in [-0.2, -0.15) is 0 Å². The van der Waals surface area contributed by atoms with Crippen molar-refractivity contribution in [2.75, 3.05) is 6.54 Å². The first-order valence-corrected chi connectivity index (χ1v) is 11.8. The highest BCUT2D eigenvalue weighted by atomic mass is 32.2. The minimum absolute atomic E-state index is 0.0434. The van der Waals surface area contributed by atoms with E-state index >= 15 is 0 Å². The quantitative estimate of drug-likeness (QED) is 0.602. The Morgan fingerprint density at radius 2 is 1.91 bits per heavy atom. The predicted octanol–water partition coefficient (Wildman–Crippen LogP) is 2.71. The molecule has 0 amide bonds. The van der Waals surface area contributed by atoms with Crippen molar-refractivity contribution in [1.29, 1.82) is 0 Å². The molecule has 2 fully saturated rings. The molecular formula is C24H25N3O4S. The molecule has 1 spiro atoms. The second-order valence-corrected chi connectivity index (χ2v) is 9.96. The van der Waals surface area contributed by atoms with Gasteiger partial charge in [0.1, 0.15) is 11.0 Å². The number of fused-ring (bicyclic) bond motifs is 1. The smallest absolute Gasteiger partial charge is 0.339 e. The van der Waals surface area contributed by atoms with Crippen LogP contribution in [0.4, 0.5) is 0 Å². The average molecular weight is 452 g/mol. The number of nitrogens with two attached hydrogens (primary N) is 1. The molecule has 166 valence electrons. The molecule has 0 radical (unpaired) electrons. The van der Waals surface area contributed by atoms with Gasteiger partial charge in [0.25, 0.3) is 5.56 Å². The number of carbonyl (C=O) groups is 1. The van der Waals surface area contributed by atoms with Gasteiger partial charge in [0.05, 0.1) is 10.5 Å². The van der Waals surface area contributed by atoms with E-state index in [2.05, 4.69) is 0 Å². The number of carbonyl (C=O) groups excluding carboxylic acids is 1. The third-order valence-electron chi connectivity index (χ3n) is 6.58. The van der Waals surface area contributed by atoms with Crippen molar-refractivity contribution in [3.63, 3.8) is 0 Å². The number of ether oxygens (including phenoxy) is 1. The van der Waals surface area contributed by atoms with Crippen LogP contribution in [-0.2, 0) is 22.5 Å². The fourth-order valence-electron chi connectivity index (χ4n) is 4.49. The minimum atomic E-state index is -1.39. The van der Waals surface area contributed by atoms with Crippen LogP contribution in [0, 0.1) is 6.92 Å². The molecule has 1 aliphatic carbocycles. The van der Waals surface area contributed by atoms with Crippen LogP contribution in [-0.4, -0.2) is 37.2 Å². The molecule has 8 heteroatoms. The lowest BCUT2D eigenvalue weighted by Crippen LogP contribution is -2.42. The van der Waals surface area contributed by atoms with E-state index < -0.39 is 17.0 Å². The van der Waals surface area contributed by atoms with Gasteiger partial charge in [-0.15, -0.1) is 0 Å². The predicted molar refractivity (Wildman–Crippen MR) is 122 cm³/mol. The summed E-state index contributed by atoms with van der Waals surface area (Å²) in [5.41, 5.74) is 7.30. The second-order valence-electron chi connectivity index (χ2n) is 8.58. The Balaban J connectivity index is 1.40. The summed E-state index contributed by atoms with van der Waals surface area (Å²) in [6.07, 6.45) is 4.33. The zero-order valence-electron chi connectivity index (χ0n) is 17.8. The van der Waals surface area contributed by atoms with Crippen molar-refractivity contribution >= 4 is 27.7 Å². The van der Waals surface area contributed by atoms with E-state index in [9.17, 15) is 13.8 Å². The van der Waals surface area contributed by atoms with E-state index in [1.807, 2.05) is 23.4 Å². The molecular weight excluding hydrogens is 426 g/mol.